The minimum atomic E-state index is -0.136. The zero-order valence-electron chi connectivity index (χ0n) is 8.59. The van der Waals surface area contributed by atoms with Gasteiger partial charge in [0.05, 0.1) is 5.75 Å². The van der Waals surface area contributed by atoms with Gasteiger partial charge in [-0.3, -0.25) is 4.79 Å². The monoisotopic (exact) mass is 210 g/mol. The van der Waals surface area contributed by atoms with Crippen molar-refractivity contribution in [3.05, 3.63) is 22.9 Å². The lowest BCUT2D eigenvalue weighted by molar-refractivity contribution is -0.113. The van der Waals surface area contributed by atoms with Crippen LogP contribution in [-0.2, 0) is 4.79 Å². The van der Waals surface area contributed by atoms with Crippen molar-refractivity contribution >= 4 is 24.4 Å². The number of hydrogen-bond donors (Lipinski definition) is 2. The average Bonchev–Trinajstić information content (AvgIpc) is 2.14. The maximum absolute atomic E-state index is 11.1. The fourth-order valence-electron chi connectivity index (χ4n) is 1.14. The zero-order chi connectivity index (χ0) is 10.7. The van der Waals surface area contributed by atoms with E-state index in [9.17, 15) is 4.79 Å². The Morgan fingerprint density at radius 2 is 2.14 bits per heavy atom. The molecular weight excluding hydrogens is 196 g/mol. The lowest BCUT2D eigenvalue weighted by Gasteiger charge is -2.08. The third kappa shape index (κ3) is 2.48. The molecule has 1 heterocycles. The summed E-state index contributed by atoms with van der Waals surface area (Å²) >= 11 is 3.88. The Labute approximate surface area is 89.3 Å². The van der Waals surface area contributed by atoms with E-state index in [1.807, 2.05) is 26.8 Å². The second kappa shape index (κ2) is 4.46. The summed E-state index contributed by atoms with van der Waals surface area (Å²) in [5.41, 5.74) is 3.24. The molecule has 1 rings (SSSR count). The molecule has 76 valence electrons. The smallest absolute Gasteiger partial charge is 0.235 e. The summed E-state index contributed by atoms with van der Waals surface area (Å²) < 4.78 is 0. The number of aromatic nitrogens is 1. The van der Waals surface area contributed by atoms with E-state index in [-0.39, 0.29) is 11.7 Å². The summed E-state index contributed by atoms with van der Waals surface area (Å²) in [6.45, 7) is 5.95. The number of nitrogens with zero attached hydrogens (tertiary/aromatic N) is 1. The number of carbonyl (C=O) groups is 1. The minimum absolute atomic E-state index is 0.136. The molecule has 0 aliphatic carbocycles. The first-order chi connectivity index (χ1) is 6.54. The molecule has 0 atom stereocenters. The molecule has 0 bridgehead atoms. The largest absolute Gasteiger partial charge is 0.310 e. The van der Waals surface area contributed by atoms with Crippen molar-refractivity contribution in [3.63, 3.8) is 0 Å². The van der Waals surface area contributed by atoms with Gasteiger partial charge in [0.2, 0.25) is 5.91 Å². The normalized spacial score (nSPS) is 10.0. The van der Waals surface area contributed by atoms with Crippen molar-refractivity contribution < 1.29 is 4.79 Å². The van der Waals surface area contributed by atoms with Crippen LogP contribution in [0.5, 0.6) is 0 Å². The Morgan fingerprint density at radius 1 is 1.50 bits per heavy atom. The Morgan fingerprint density at radius 3 is 2.64 bits per heavy atom. The van der Waals surface area contributed by atoms with E-state index < -0.39 is 0 Å². The summed E-state index contributed by atoms with van der Waals surface area (Å²) in [5.74, 6) is 0.640. The van der Waals surface area contributed by atoms with Crippen molar-refractivity contribution in [2.45, 2.75) is 20.8 Å². The van der Waals surface area contributed by atoms with E-state index >= 15 is 0 Å². The van der Waals surface area contributed by atoms with Gasteiger partial charge in [-0.2, -0.15) is 12.6 Å². The third-order valence-corrected chi connectivity index (χ3v) is 2.47. The molecule has 4 heteroatoms. The highest BCUT2D eigenvalue weighted by atomic mass is 32.1. The summed E-state index contributed by atoms with van der Waals surface area (Å²) in [6, 6.07) is 1.86. The number of thiol groups is 1. The molecule has 0 saturated heterocycles. The number of amides is 1. The molecule has 1 N–H and O–H groups in total. The van der Waals surface area contributed by atoms with Gasteiger partial charge in [-0.15, -0.1) is 0 Å². The average molecular weight is 210 g/mol. The van der Waals surface area contributed by atoms with Crippen LogP contribution in [0.1, 0.15) is 16.8 Å². The van der Waals surface area contributed by atoms with Crippen LogP contribution in [0, 0.1) is 20.8 Å². The number of aryl methyl sites for hydroxylation is 2. The Bertz CT molecular complexity index is 340. The first-order valence-corrected chi connectivity index (χ1v) is 5.03. The summed E-state index contributed by atoms with van der Waals surface area (Å²) in [7, 11) is 0. The highest BCUT2D eigenvalue weighted by Crippen LogP contribution is 2.14. The van der Waals surface area contributed by atoms with Crippen LogP contribution in [0.4, 0.5) is 5.82 Å². The maximum Gasteiger partial charge on any atom is 0.235 e. The van der Waals surface area contributed by atoms with Gasteiger partial charge >= 0.3 is 0 Å². The highest BCUT2D eigenvalue weighted by molar-refractivity contribution is 7.81. The zero-order valence-corrected chi connectivity index (χ0v) is 9.48. The van der Waals surface area contributed by atoms with Crippen LogP contribution in [0.15, 0.2) is 6.07 Å². The van der Waals surface area contributed by atoms with Gasteiger partial charge in [-0.25, -0.2) is 4.98 Å². The Hall–Kier alpha value is -1.03. The number of carbonyl (C=O) groups excluding carboxylic acids is 1. The molecule has 0 radical (unpaired) electrons. The van der Waals surface area contributed by atoms with Gasteiger partial charge in [0, 0.05) is 5.69 Å². The van der Waals surface area contributed by atoms with E-state index in [1.54, 1.807) is 0 Å². The van der Waals surface area contributed by atoms with Gasteiger partial charge in [-0.05, 0) is 38.0 Å². The summed E-state index contributed by atoms with van der Waals surface area (Å²) in [4.78, 5) is 15.3. The molecule has 1 amide bonds. The van der Waals surface area contributed by atoms with Crippen LogP contribution in [0.2, 0.25) is 0 Å². The molecule has 1 aromatic rings. The van der Waals surface area contributed by atoms with Gasteiger partial charge in [0.25, 0.3) is 0 Å². The first kappa shape index (κ1) is 11.0. The van der Waals surface area contributed by atoms with Crippen molar-refractivity contribution in [3.8, 4) is 0 Å². The fourth-order valence-corrected chi connectivity index (χ4v) is 1.22. The van der Waals surface area contributed by atoms with Gasteiger partial charge < -0.3 is 5.32 Å². The second-order valence-corrected chi connectivity index (χ2v) is 3.56. The SMILES string of the molecule is Cc1cc(NC(=O)CS)nc(C)c1C. The van der Waals surface area contributed by atoms with E-state index in [0.717, 1.165) is 16.8 Å². The molecule has 0 unspecified atom stereocenters. The lowest BCUT2D eigenvalue weighted by Crippen LogP contribution is -2.14. The van der Waals surface area contributed by atoms with Gasteiger partial charge in [-0.1, -0.05) is 0 Å². The van der Waals surface area contributed by atoms with Crippen molar-refractivity contribution in [1.29, 1.82) is 0 Å². The quantitative estimate of drug-likeness (QED) is 0.732. The maximum atomic E-state index is 11.1. The van der Waals surface area contributed by atoms with Crippen LogP contribution in [0.25, 0.3) is 0 Å². The summed E-state index contributed by atoms with van der Waals surface area (Å²) in [6.07, 6.45) is 0. The first-order valence-electron chi connectivity index (χ1n) is 4.40. The molecule has 0 aromatic carbocycles. The van der Waals surface area contributed by atoms with Gasteiger partial charge in [0.1, 0.15) is 5.82 Å². The number of rotatable bonds is 2. The second-order valence-electron chi connectivity index (χ2n) is 3.24. The minimum Gasteiger partial charge on any atom is -0.310 e. The summed E-state index contributed by atoms with van der Waals surface area (Å²) in [5, 5.41) is 2.67. The Balaban J connectivity index is 2.95. The van der Waals surface area contributed by atoms with E-state index in [0.29, 0.717) is 5.82 Å². The fraction of sp³-hybridized carbons (Fsp3) is 0.400. The third-order valence-electron chi connectivity index (χ3n) is 2.19. The predicted octanol–water partition coefficient (Wildman–Crippen LogP) is 1.88. The number of anilines is 1. The van der Waals surface area contributed by atoms with Crippen LogP contribution in [0.3, 0.4) is 0 Å². The van der Waals surface area contributed by atoms with Crippen molar-refractivity contribution in [1.82, 2.24) is 4.98 Å². The van der Waals surface area contributed by atoms with Crippen LogP contribution in [-0.4, -0.2) is 16.6 Å². The molecule has 1 aromatic heterocycles. The number of pyridine rings is 1. The van der Waals surface area contributed by atoms with Crippen molar-refractivity contribution in [2.75, 3.05) is 11.1 Å². The number of hydrogen-bond acceptors (Lipinski definition) is 3. The topological polar surface area (TPSA) is 42.0 Å². The molecule has 0 fully saturated rings. The predicted molar refractivity (Wildman–Crippen MR) is 60.9 cm³/mol. The highest BCUT2D eigenvalue weighted by Gasteiger charge is 2.04. The van der Waals surface area contributed by atoms with Crippen molar-refractivity contribution in [2.24, 2.45) is 0 Å². The molecule has 0 aliphatic rings. The van der Waals surface area contributed by atoms with E-state index in [4.69, 9.17) is 0 Å². The van der Waals surface area contributed by atoms with Crippen LogP contribution < -0.4 is 5.32 Å². The molecular formula is C10H14N2OS. The molecule has 0 saturated carbocycles. The standard InChI is InChI=1S/C10H14N2OS/c1-6-4-9(12-10(13)5-14)11-8(3)7(6)2/h4,14H,5H2,1-3H3,(H,11,12,13). The van der Waals surface area contributed by atoms with E-state index in [2.05, 4.69) is 22.9 Å². The number of nitrogens with one attached hydrogen (secondary N) is 1. The van der Waals surface area contributed by atoms with Gasteiger partial charge in [0.15, 0.2) is 0 Å². The van der Waals surface area contributed by atoms with E-state index in [1.165, 1.54) is 0 Å². The molecule has 14 heavy (non-hydrogen) atoms. The molecule has 0 spiro atoms. The molecule has 0 aliphatic heterocycles. The molecule has 3 nitrogen and oxygen atoms in total. The lowest BCUT2D eigenvalue weighted by atomic mass is 10.1. The van der Waals surface area contributed by atoms with Crippen LogP contribution >= 0.6 is 12.6 Å². The Kier molecular flexibility index (Phi) is 3.52.